The van der Waals surface area contributed by atoms with Crippen LogP contribution in [0, 0.1) is 0 Å². The maximum Gasteiger partial charge on any atom is 0.314 e. The Bertz CT molecular complexity index is 503. The quantitative estimate of drug-likeness (QED) is 0.887. The molecule has 3 nitrogen and oxygen atoms in total. The molecular formula is C16H21NO2. The molecule has 3 rings (SSSR count). The van der Waals surface area contributed by atoms with Crippen molar-refractivity contribution in [2.24, 2.45) is 0 Å². The average molecular weight is 259 g/mol. The van der Waals surface area contributed by atoms with Crippen molar-refractivity contribution >= 4 is 11.7 Å². The number of nitrogens with zero attached hydrogens (tertiary/aromatic N) is 1. The van der Waals surface area contributed by atoms with Crippen molar-refractivity contribution in [2.45, 2.75) is 43.9 Å². The Kier molecular flexibility index (Phi) is 3.00. The van der Waals surface area contributed by atoms with Gasteiger partial charge in [0, 0.05) is 19.3 Å². The largest absolute Gasteiger partial charge is 0.481 e. The van der Waals surface area contributed by atoms with Crippen LogP contribution < -0.4 is 4.90 Å². The normalized spacial score (nSPS) is 21.2. The highest BCUT2D eigenvalue weighted by Crippen LogP contribution is 2.44. The van der Waals surface area contributed by atoms with Crippen molar-refractivity contribution in [3.63, 3.8) is 0 Å². The molecule has 0 spiro atoms. The van der Waals surface area contributed by atoms with Gasteiger partial charge in [0.1, 0.15) is 0 Å². The van der Waals surface area contributed by atoms with E-state index in [0.29, 0.717) is 0 Å². The molecule has 1 N–H and O–H groups in total. The zero-order valence-electron chi connectivity index (χ0n) is 11.5. The topological polar surface area (TPSA) is 40.5 Å². The van der Waals surface area contributed by atoms with Crippen molar-refractivity contribution in [1.82, 2.24) is 0 Å². The third-order valence-corrected chi connectivity index (χ3v) is 4.89. The molecule has 102 valence electrons. The molecule has 0 saturated heterocycles. The lowest BCUT2D eigenvalue weighted by atomic mass is 9.68. The highest BCUT2D eigenvalue weighted by Gasteiger charge is 2.43. The first-order valence-electron chi connectivity index (χ1n) is 7.22. The van der Waals surface area contributed by atoms with Crippen molar-refractivity contribution in [3.8, 4) is 0 Å². The molecule has 19 heavy (non-hydrogen) atoms. The zero-order chi connectivity index (χ0) is 13.5. The molecule has 1 aliphatic carbocycles. The number of hydrogen-bond acceptors (Lipinski definition) is 2. The second-order valence-electron chi connectivity index (χ2n) is 5.92. The molecule has 0 radical (unpaired) electrons. The Morgan fingerprint density at radius 3 is 2.68 bits per heavy atom. The summed E-state index contributed by atoms with van der Waals surface area (Å²) in [5.74, 6) is -0.629. The Morgan fingerprint density at radius 1 is 1.26 bits per heavy atom. The van der Waals surface area contributed by atoms with E-state index in [1.807, 2.05) is 6.07 Å². The van der Waals surface area contributed by atoms with Crippen LogP contribution in [0.2, 0.25) is 0 Å². The van der Waals surface area contributed by atoms with E-state index in [-0.39, 0.29) is 0 Å². The molecule has 1 fully saturated rings. The van der Waals surface area contributed by atoms with Gasteiger partial charge in [0.2, 0.25) is 0 Å². The van der Waals surface area contributed by atoms with Crippen LogP contribution in [0.5, 0.6) is 0 Å². The highest BCUT2D eigenvalue weighted by molar-refractivity contribution is 5.83. The summed E-state index contributed by atoms with van der Waals surface area (Å²) in [6, 6.07) is 6.19. The second-order valence-corrected chi connectivity index (χ2v) is 5.92. The number of aliphatic carboxylic acids is 1. The van der Waals surface area contributed by atoms with E-state index in [4.69, 9.17) is 0 Å². The molecule has 0 unspecified atom stereocenters. The van der Waals surface area contributed by atoms with Crippen LogP contribution in [0.4, 0.5) is 5.69 Å². The van der Waals surface area contributed by atoms with Crippen molar-refractivity contribution in [3.05, 3.63) is 29.3 Å². The first-order chi connectivity index (χ1) is 9.15. The van der Waals surface area contributed by atoms with Crippen LogP contribution >= 0.6 is 0 Å². The summed E-state index contributed by atoms with van der Waals surface area (Å²) >= 11 is 0. The number of likely N-dealkylation sites (N-methyl/N-ethyl adjacent to an activating group) is 1. The van der Waals surface area contributed by atoms with Crippen LogP contribution in [-0.4, -0.2) is 24.7 Å². The third kappa shape index (κ3) is 1.83. The summed E-state index contributed by atoms with van der Waals surface area (Å²) in [5, 5.41) is 9.83. The van der Waals surface area contributed by atoms with Gasteiger partial charge in [0.05, 0.1) is 5.41 Å². The molecule has 1 aromatic carbocycles. The lowest BCUT2D eigenvalue weighted by molar-refractivity contribution is -0.145. The molecule has 0 aromatic heterocycles. The second kappa shape index (κ2) is 4.55. The van der Waals surface area contributed by atoms with Gasteiger partial charge in [-0.05, 0) is 36.5 Å². The van der Waals surface area contributed by atoms with Crippen LogP contribution in [0.1, 0.15) is 43.2 Å². The number of fused-ring (bicyclic) bond motifs is 1. The lowest BCUT2D eigenvalue weighted by Crippen LogP contribution is -2.38. The SMILES string of the molecule is CN1CCc2c1cccc2C1(C(=O)O)CCCCC1. The number of carboxylic acids is 1. The summed E-state index contributed by atoms with van der Waals surface area (Å²) < 4.78 is 0. The maximum atomic E-state index is 11.9. The summed E-state index contributed by atoms with van der Waals surface area (Å²) in [6.45, 7) is 1.00. The maximum absolute atomic E-state index is 11.9. The van der Waals surface area contributed by atoms with Gasteiger partial charge in [0.15, 0.2) is 0 Å². The number of rotatable bonds is 2. The van der Waals surface area contributed by atoms with E-state index in [9.17, 15) is 9.90 Å². The minimum absolute atomic E-state index is 0.629. The number of hydrogen-bond donors (Lipinski definition) is 1. The first kappa shape index (κ1) is 12.5. The molecule has 0 bridgehead atoms. The Hall–Kier alpha value is -1.51. The van der Waals surface area contributed by atoms with E-state index < -0.39 is 11.4 Å². The summed E-state index contributed by atoms with van der Waals surface area (Å²) in [4.78, 5) is 14.2. The van der Waals surface area contributed by atoms with Gasteiger partial charge in [-0.2, -0.15) is 0 Å². The lowest BCUT2D eigenvalue weighted by Gasteiger charge is -2.35. The van der Waals surface area contributed by atoms with E-state index in [1.165, 1.54) is 17.7 Å². The standard InChI is InChI=1S/C16H21NO2/c1-17-11-8-12-13(6-5-7-14(12)17)16(15(18)19)9-3-2-4-10-16/h5-7H,2-4,8-11H2,1H3,(H,18,19). The number of carboxylic acid groups (broad SMARTS) is 1. The van der Waals surface area contributed by atoms with E-state index in [0.717, 1.165) is 44.2 Å². The smallest absolute Gasteiger partial charge is 0.314 e. The monoisotopic (exact) mass is 259 g/mol. The minimum Gasteiger partial charge on any atom is -0.481 e. The van der Waals surface area contributed by atoms with E-state index >= 15 is 0 Å². The van der Waals surface area contributed by atoms with Gasteiger partial charge in [0.25, 0.3) is 0 Å². The number of carbonyl (C=O) groups is 1. The summed E-state index contributed by atoms with van der Waals surface area (Å²) in [7, 11) is 2.09. The molecule has 0 atom stereocenters. The molecule has 1 aromatic rings. The van der Waals surface area contributed by atoms with E-state index in [1.54, 1.807) is 0 Å². The molecule has 1 saturated carbocycles. The molecule has 1 aliphatic heterocycles. The highest BCUT2D eigenvalue weighted by atomic mass is 16.4. The molecular weight excluding hydrogens is 238 g/mol. The van der Waals surface area contributed by atoms with Crippen molar-refractivity contribution in [2.75, 3.05) is 18.5 Å². The number of benzene rings is 1. The van der Waals surface area contributed by atoms with Gasteiger partial charge < -0.3 is 10.0 Å². The Labute approximate surface area is 114 Å². The van der Waals surface area contributed by atoms with Crippen molar-refractivity contribution < 1.29 is 9.90 Å². The van der Waals surface area contributed by atoms with Gasteiger partial charge in [-0.1, -0.05) is 31.4 Å². The zero-order valence-corrected chi connectivity index (χ0v) is 11.5. The van der Waals surface area contributed by atoms with Gasteiger partial charge in [-0.3, -0.25) is 4.79 Å². The third-order valence-electron chi connectivity index (χ3n) is 4.89. The fraction of sp³-hybridized carbons (Fsp3) is 0.562. The van der Waals surface area contributed by atoms with Gasteiger partial charge in [-0.25, -0.2) is 0 Å². The Morgan fingerprint density at radius 2 is 2.00 bits per heavy atom. The average Bonchev–Trinajstić information content (AvgIpc) is 2.81. The summed E-state index contributed by atoms with van der Waals surface area (Å²) in [5.41, 5.74) is 2.95. The predicted octanol–water partition coefficient (Wildman–Crippen LogP) is 2.97. The fourth-order valence-electron chi connectivity index (χ4n) is 3.80. The van der Waals surface area contributed by atoms with Crippen LogP contribution in [-0.2, 0) is 16.6 Å². The Balaban J connectivity index is 2.12. The number of anilines is 1. The molecule has 3 heteroatoms. The fourth-order valence-corrected chi connectivity index (χ4v) is 3.80. The van der Waals surface area contributed by atoms with Crippen LogP contribution in [0.15, 0.2) is 18.2 Å². The van der Waals surface area contributed by atoms with Crippen molar-refractivity contribution in [1.29, 1.82) is 0 Å². The van der Waals surface area contributed by atoms with Crippen LogP contribution in [0.25, 0.3) is 0 Å². The molecule has 0 amide bonds. The van der Waals surface area contributed by atoms with Gasteiger partial charge in [-0.15, -0.1) is 0 Å². The molecule has 1 heterocycles. The summed E-state index contributed by atoms with van der Waals surface area (Å²) in [6.07, 6.45) is 5.81. The molecule has 2 aliphatic rings. The van der Waals surface area contributed by atoms with E-state index in [2.05, 4.69) is 24.1 Å². The predicted molar refractivity (Wildman–Crippen MR) is 75.8 cm³/mol. The first-order valence-corrected chi connectivity index (χ1v) is 7.22. The van der Waals surface area contributed by atoms with Gasteiger partial charge >= 0.3 is 5.97 Å². The minimum atomic E-state index is -0.630. The van der Waals surface area contributed by atoms with Crippen LogP contribution in [0.3, 0.4) is 0 Å².